The van der Waals surface area contributed by atoms with Crippen molar-refractivity contribution in [2.45, 2.75) is 12.7 Å². The Morgan fingerprint density at radius 2 is 2.00 bits per heavy atom. The van der Waals surface area contributed by atoms with Crippen molar-refractivity contribution in [3.05, 3.63) is 16.1 Å². The van der Waals surface area contributed by atoms with Gasteiger partial charge in [-0.3, -0.25) is 0 Å². The maximum Gasteiger partial charge on any atom is 0.349 e. The lowest BCUT2D eigenvalue weighted by molar-refractivity contribution is -0.201. The number of thiazole rings is 1. The van der Waals surface area contributed by atoms with Crippen LogP contribution < -0.4 is 0 Å². The lowest BCUT2D eigenvalue weighted by Crippen LogP contribution is -2.26. The van der Waals surface area contributed by atoms with Gasteiger partial charge in [-0.2, -0.15) is 0 Å². The van der Waals surface area contributed by atoms with Gasteiger partial charge in [-0.15, -0.1) is 11.3 Å². The second kappa shape index (κ2) is 4.69. The number of esters is 1. The molecule has 0 unspecified atom stereocenters. The summed E-state index contributed by atoms with van der Waals surface area (Å²) in [6.07, 6.45) is 1.45. The number of hydrogen-bond donors (Lipinski definition) is 0. The van der Waals surface area contributed by atoms with E-state index >= 15 is 0 Å². The smallest absolute Gasteiger partial charge is 0.349 e. The van der Waals surface area contributed by atoms with Crippen LogP contribution in [0.4, 0.5) is 0 Å². The Bertz CT molecular complexity index is 346. The summed E-state index contributed by atoms with van der Waals surface area (Å²) in [7, 11) is 4.36. The van der Waals surface area contributed by atoms with Crippen LogP contribution >= 0.6 is 11.3 Å². The molecular formula is C9H13NO4S. The molecule has 0 N–H and O–H groups in total. The van der Waals surface area contributed by atoms with Gasteiger partial charge >= 0.3 is 5.97 Å². The van der Waals surface area contributed by atoms with E-state index in [4.69, 9.17) is 9.47 Å². The van der Waals surface area contributed by atoms with Gasteiger partial charge in [0.2, 0.25) is 5.79 Å². The van der Waals surface area contributed by atoms with Crippen LogP contribution in [0.25, 0.3) is 0 Å². The van der Waals surface area contributed by atoms with Crippen LogP contribution in [-0.2, 0) is 20.0 Å². The molecule has 0 aliphatic rings. The van der Waals surface area contributed by atoms with Gasteiger partial charge in [0.1, 0.15) is 4.88 Å². The highest BCUT2D eigenvalue weighted by Gasteiger charge is 2.30. The second-order valence-corrected chi connectivity index (χ2v) is 3.91. The van der Waals surface area contributed by atoms with Crippen LogP contribution in [0, 0.1) is 0 Å². The molecular weight excluding hydrogens is 218 g/mol. The zero-order valence-electron chi connectivity index (χ0n) is 9.07. The number of nitrogens with zero attached hydrogens (tertiary/aromatic N) is 1. The Morgan fingerprint density at radius 3 is 2.47 bits per heavy atom. The van der Waals surface area contributed by atoms with Crippen molar-refractivity contribution in [1.29, 1.82) is 0 Å². The normalized spacial score (nSPS) is 11.5. The molecule has 0 fully saturated rings. The van der Waals surface area contributed by atoms with Crippen LogP contribution in [-0.4, -0.2) is 32.3 Å². The molecule has 0 aromatic carbocycles. The van der Waals surface area contributed by atoms with Gasteiger partial charge < -0.3 is 14.2 Å². The Morgan fingerprint density at radius 1 is 1.40 bits per heavy atom. The van der Waals surface area contributed by atoms with Crippen molar-refractivity contribution < 1.29 is 19.0 Å². The number of hydrogen-bond acceptors (Lipinski definition) is 6. The highest BCUT2D eigenvalue weighted by molar-refractivity contribution is 7.13. The summed E-state index contributed by atoms with van der Waals surface area (Å²) in [6, 6.07) is 0. The fourth-order valence-electron chi connectivity index (χ4n) is 0.937. The largest absolute Gasteiger partial charge is 0.465 e. The van der Waals surface area contributed by atoms with Gasteiger partial charge in [0.25, 0.3) is 0 Å². The minimum absolute atomic E-state index is 0.409. The predicted molar refractivity (Wildman–Crippen MR) is 54.8 cm³/mol. The molecule has 6 heteroatoms. The lowest BCUT2D eigenvalue weighted by Gasteiger charge is -2.23. The molecule has 0 bridgehead atoms. The Labute approximate surface area is 92.0 Å². The first-order valence-electron chi connectivity index (χ1n) is 4.22. The molecule has 0 spiro atoms. The molecule has 0 aliphatic carbocycles. The van der Waals surface area contributed by atoms with Gasteiger partial charge in [0, 0.05) is 14.2 Å². The molecule has 0 atom stereocenters. The molecule has 5 nitrogen and oxygen atoms in total. The molecule has 1 heterocycles. The fraction of sp³-hybridized carbons (Fsp3) is 0.556. The van der Waals surface area contributed by atoms with Crippen LogP contribution in [0.15, 0.2) is 6.20 Å². The van der Waals surface area contributed by atoms with Gasteiger partial charge in [0.05, 0.1) is 13.3 Å². The Balaban J connectivity index is 2.97. The van der Waals surface area contributed by atoms with Gasteiger partial charge in [-0.25, -0.2) is 9.78 Å². The molecule has 15 heavy (non-hydrogen) atoms. The third-order valence-electron chi connectivity index (χ3n) is 2.06. The number of carbonyl (C=O) groups is 1. The van der Waals surface area contributed by atoms with Gasteiger partial charge in [0.15, 0.2) is 5.01 Å². The minimum Gasteiger partial charge on any atom is -0.465 e. The Kier molecular flexibility index (Phi) is 3.78. The third kappa shape index (κ3) is 2.34. The van der Waals surface area contributed by atoms with E-state index in [-0.39, 0.29) is 0 Å². The molecule has 0 saturated heterocycles. The summed E-state index contributed by atoms with van der Waals surface area (Å²) in [6.45, 7) is 1.73. The van der Waals surface area contributed by atoms with E-state index in [9.17, 15) is 4.79 Å². The number of aromatic nitrogens is 1. The average molecular weight is 231 g/mol. The molecule has 0 amide bonds. The molecule has 84 valence electrons. The van der Waals surface area contributed by atoms with Crippen molar-refractivity contribution in [2.75, 3.05) is 21.3 Å². The van der Waals surface area contributed by atoms with Crippen molar-refractivity contribution in [3.8, 4) is 0 Å². The summed E-state index contributed by atoms with van der Waals surface area (Å²) in [5.41, 5.74) is 0. The monoisotopic (exact) mass is 231 g/mol. The zero-order valence-corrected chi connectivity index (χ0v) is 9.88. The summed E-state index contributed by atoms with van der Waals surface area (Å²) in [4.78, 5) is 15.7. The number of methoxy groups -OCH3 is 3. The van der Waals surface area contributed by atoms with E-state index in [1.165, 1.54) is 38.9 Å². The third-order valence-corrected chi connectivity index (χ3v) is 3.22. The van der Waals surface area contributed by atoms with E-state index in [1.807, 2.05) is 0 Å². The molecule has 1 aromatic rings. The maximum atomic E-state index is 11.2. The first kappa shape index (κ1) is 12.1. The number of rotatable bonds is 4. The van der Waals surface area contributed by atoms with Crippen LogP contribution in [0.1, 0.15) is 21.6 Å². The van der Waals surface area contributed by atoms with E-state index in [0.29, 0.717) is 9.88 Å². The highest BCUT2D eigenvalue weighted by atomic mass is 32.1. The molecule has 0 aliphatic heterocycles. The topological polar surface area (TPSA) is 57.7 Å². The number of carbonyl (C=O) groups excluding carboxylic acids is 1. The van der Waals surface area contributed by atoms with E-state index in [1.54, 1.807) is 6.92 Å². The van der Waals surface area contributed by atoms with Crippen LogP contribution in [0.3, 0.4) is 0 Å². The molecule has 1 aromatic heterocycles. The maximum absolute atomic E-state index is 11.2. The quantitative estimate of drug-likeness (QED) is 0.579. The van der Waals surface area contributed by atoms with Crippen LogP contribution in [0.2, 0.25) is 0 Å². The molecule has 1 rings (SSSR count). The van der Waals surface area contributed by atoms with Crippen molar-refractivity contribution >= 4 is 17.3 Å². The standard InChI is InChI=1S/C9H13NO4S/c1-9(13-3,14-4)8-10-5-6(15-8)7(11)12-2/h5H,1-4H3. The van der Waals surface area contributed by atoms with Gasteiger partial charge in [-0.05, 0) is 6.92 Å². The predicted octanol–water partition coefficient (Wildman–Crippen LogP) is 1.40. The van der Waals surface area contributed by atoms with Gasteiger partial charge in [-0.1, -0.05) is 0 Å². The highest BCUT2D eigenvalue weighted by Crippen LogP contribution is 2.29. The van der Waals surface area contributed by atoms with Crippen molar-refractivity contribution in [1.82, 2.24) is 4.98 Å². The fourth-order valence-corrected chi connectivity index (χ4v) is 1.87. The summed E-state index contributed by atoms with van der Waals surface area (Å²) in [5.74, 6) is -1.33. The summed E-state index contributed by atoms with van der Waals surface area (Å²) in [5, 5.41) is 0.577. The molecule has 0 radical (unpaired) electrons. The van der Waals surface area contributed by atoms with Crippen molar-refractivity contribution in [3.63, 3.8) is 0 Å². The molecule has 0 saturated carbocycles. The summed E-state index contributed by atoms with van der Waals surface area (Å²) >= 11 is 1.19. The second-order valence-electron chi connectivity index (χ2n) is 2.88. The van der Waals surface area contributed by atoms with Crippen LogP contribution in [0.5, 0.6) is 0 Å². The average Bonchev–Trinajstić information content (AvgIpc) is 2.76. The van der Waals surface area contributed by atoms with E-state index in [2.05, 4.69) is 9.72 Å². The first-order valence-corrected chi connectivity index (χ1v) is 5.04. The number of ether oxygens (including phenoxy) is 3. The Hall–Kier alpha value is -0.980. The van der Waals surface area contributed by atoms with E-state index < -0.39 is 11.8 Å². The first-order chi connectivity index (χ1) is 7.07. The minimum atomic E-state index is -0.920. The van der Waals surface area contributed by atoms with Crippen molar-refractivity contribution in [2.24, 2.45) is 0 Å². The zero-order chi connectivity index (χ0) is 11.5. The summed E-state index contributed by atoms with van der Waals surface area (Å²) < 4.78 is 14.9. The SMILES string of the molecule is COC(=O)c1cnc(C(C)(OC)OC)s1. The van der Waals surface area contributed by atoms with E-state index in [0.717, 1.165) is 0 Å². The lowest BCUT2D eigenvalue weighted by atomic mass is 10.3.